The maximum Gasteiger partial charge on any atom is 0.251 e. The number of rotatable bonds is 6. The van der Waals surface area contributed by atoms with E-state index < -0.39 is 10.0 Å². The second-order valence-corrected chi connectivity index (χ2v) is 9.39. The first-order valence-electron chi connectivity index (χ1n) is 9.60. The Balaban J connectivity index is 1.43. The third-order valence-electron chi connectivity index (χ3n) is 4.92. The molecule has 1 heterocycles. The summed E-state index contributed by atoms with van der Waals surface area (Å²) in [5, 5.41) is 9.04. The van der Waals surface area contributed by atoms with Gasteiger partial charge in [0.2, 0.25) is 10.0 Å². The lowest BCUT2D eigenvalue weighted by molar-refractivity contribution is 0.0950. The molecule has 158 valence electrons. The minimum Gasteiger partial charge on any atom is -0.356 e. The van der Waals surface area contributed by atoms with Crippen LogP contribution in [0.2, 0.25) is 0 Å². The van der Waals surface area contributed by atoms with Crippen LogP contribution < -0.4 is 5.32 Å². The Morgan fingerprint density at radius 1 is 0.968 bits per heavy atom. The second kappa shape index (κ2) is 8.33. The first kappa shape index (κ1) is 20.8. The van der Waals surface area contributed by atoms with Crippen LogP contribution in [0, 0.1) is 0 Å². The van der Waals surface area contributed by atoms with Gasteiger partial charge in [0.1, 0.15) is 5.69 Å². The molecule has 0 atom stereocenters. The zero-order valence-corrected chi connectivity index (χ0v) is 17.9. The molecule has 0 spiro atoms. The summed E-state index contributed by atoms with van der Waals surface area (Å²) in [5.74, 6) is 0.289. The highest BCUT2D eigenvalue weighted by Gasteiger charge is 2.17. The van der Waals surface area contributed by atoms with Crippen LogP contribution in [0.3, 0.4) is 0 Å². The van der Waals surface area contributed by atoms with Crippen LogP contribution in [0.5, 0.6) is 0 Å². The summed E-state index contributed by atoms with van der Waals surface area (Å²) in [6, 6.07) is 21.7. The van der Waals surface area contributed by atoms with Gasteiger partial charge in [0.25, 0.3) is 5.91 Å². The van der Waals surface area contributed by atoms with Crippen LogP contribution in [0.1, 0.15) is 16.1 Å². The van der Waals surface area contributed by atoms with E-state index >= 15 is 0 Å². The Hall–Kier alpha value is -3.49. The number of nitrogens with one attached hydrogen (secondary N) is 1. The summed E-state index contributed by atoms with van der Waals surface area (Å²) in [5.41, 5.74) is 1.85. The highest BCUT2D eigenvalue weighted by molar-refractivity contribution is 7.89. The second-order valence-electron chi connectivity index (χ2n) is 7.24. The topological polar surface area (TPSA) is 92.5 Å². The normalized spacial score (nSPS) is 11.7. The Morgan fingerprint density at radius 2 is 1.68 bits per heavy atom. The fraction of sp³-hybridized carbons (Fsp3) is 0.130. The van der Waals surface area contributed by atoms with E-state index in [0.717, 1.165) is 20.6 Å². The molecule has 0 saturated carbocycles. The van der Waals surface area contributed by atoms with Crippen molar-refractivity contribution >= 4 is 26.7 Å². The standard InChI is InChI=1S/C23H21N3O4S/c1-26(2)31(28,29)21-11-9-17(10-12-21)23(27)24-15-20-14-22(30-25-20)19-8-7-16-5-3-4-6-18(16)13-19/h3-14H,15H2,1-2H3,(H,24,27). The lowest BCUT2D eigenvalue weighted by Gasteiger charge is -2.11. The number of carbonyl (C=O) groups excluding carboxylic acids is 1. The Bertz CT molecular complexity index is 1340. The number of sulfonamides is 1. The highest BCUT2D eigenvalue weighted by Crippen LogP contribution is 2.25. The van der Waals surface area contributed by atoms with E-state index in [4.69, 9.17) is 4.52 Å². The molecule has 4 rings (SSSR count). The zero-order valence-electron chi connectivity index (χ0n) is 17.1. The lowest BCUT2D eigenvalue weighted by atomic mass is 10.1. The van der Waals surface area contributed by atoms with Crippen molar-refractivity contribution < 1.29 is 17.7 Å². The van der Waals surface area contributed by atoms with Gasteiger partial charge in [-0.1, -0.05) is 41.6 Å². The molecule has 31 heavy (non-hydrogen) atoms. The molecule has 8 heteroatoms. The Morgan fingerprint density at radius 3 is 2.39 bits per heavy atom. The first-order chi connectivity index (χ1) is 14.8. The number of aromatic nitrogens is 1. The molecule has 0 saturated heterocycles. The van der Waals surface area contributed by atoms with Crippen molar-refractivity contribution in [3.8, 4) is 11.3 Å². The van der Waals surface area contributed by atoms with Gasteiger partial charge >= 0.3 is 0 Å². The van der Waals surface area contributed by atoms with E-state index in [1.54, 1.807) is 6.07 Å². The summed E-state index contributed by atoms with van der Waals surface area (Å²) in [7, 11) is -0.616. The Labute approximate surface area is 180 Å². The number of hydrogen-bond acceptors (Lipinski definition) is 5. The maximum absolute atomic E-state index is 12.4. The third-order valence-corrected chi connectivity index (χ3v) is 6.75. The van der Waals surface area contributed by atoms with Crippen LogP contribution in [0.15, 0.2) is 82.2 Å². The smallest absolute Gasteiger partial charge is 0.251 e. The van der Waals surface area contributed by atoms with Crippen molar-refractivity contribution in [2.75, 3.05) is 14.1 Å². The molecular formula is C23H21N3O4S. The van der Waals surface area contributed by atoms with Crippen molar-refractivity contribution in [1.82, 2.24) is 14.8 Å². The highest BCUT2D eigenvalue weighted by atomic mass is 32.2. The predicted molar refractivity (Wildman–Crippen MR) is 118 cm³/mol. The Kier molecular flexibility index (Phi) is 5.58. The largest absolute Gasteiger partial charge is 0.356 e. The fourth-order valence-corrected chi connectivity index (χ4v) is 4.04. The van der Waals surface area contributed by atoms with Gasteiger partial charge in [0, 0.05) is 31.3 Å². The van der Waals surface area contributed by atoms with Gasteiger partial charge < -0.3 is 9.84 Å². The molecule has 0 unspecified atom stereocenters. The fourth-order valence-electron chi connectivity index (χ4n) is 3.14. The van der Waals surface area contributed by atoms with Gasteiger partial charge in [0.15, 0.2) is 5.76 Å². The van der Waals surface area contributed by atoms with Crippen molar-refractivity contribution in [1.29, 1.82) is 0 Å². The number of benzene rings is 3. The molecule has 0 fully saturated rings. The number of amides is 1. The predicted octanol–water partition coefficient (Wildman–Crippen LogP) is 3.68. The minimum absolute atomic E-state index is 0.130. The zero-order chi connectivity index (χ0) is 22.0. The first-order valence-corrected chi connectivity index (χ1v) is 11.0. The summed E-state index contributed by atoms with van der Waals surface area (Å²) in [4.78, 5) is 12.5. The summed E-state index contributed by atoms with van der Waals surface area (Å²) in [6.07, 6.45) is 0. The van der Waals surface area contributed by atoms with Crippen LogP contribution >= 0.6 is 0 Å². The van der Waals surface area contributed by atoms with Crippen LogP contribution in [0.25, 0.3) is 22.1 Å². The average Bonchev–Trinajstić information content (AvgIpc) is 3.26. The SMILES string of the molecule is CN(C)S(=O)(=O)c1ccc(C(=O)NCc2cc(-c3ccc4ccccc4c3)on2)cc1. The number of nitrogens with zero attached hydrogens (tertiary/aromatic N) is 2. The molecule has 3 aromatic carbocycles. The minimum atomic E-state index is -3.53. The quantitative estimate of drug-likeness (QED) is 0.499. The monoisotopic (exact) mass is 435 g/mol. The van der Waals surface area contributed by atoms with E-state index in [2.05, 4.69) is 10.5 Å². The molecule has 0 aliphatic heterocycles. The number of fused-ring (bicyclic) bond motifs is 1. The molecule has 7 nitrogen and oxygen atoms in total. The number of hydrogen-bond donors (Lipinski definition) is 1. The van der Waals surface area contributed by atoms with Crippen LogP contribution in [-0.2, 0) is 16.6 Å². The van der Waals surface area contributed by atoms with E-state index in [-0.39, 0.29) is 17.3 Å². The molecule has 0 bridgehead atoms. The maximum atomic E-state index is 12.4. The van der Waals surface area contributed by atoms with Gasteiger partial charge in [-0.3, -0.25) is 4.79 Å². The molecule has 0 aliphatic carbocycles. The van der Waals surface area contributed by atoms with E-state index in [9.17, 15) is 13.2 Å². The van der Waals surface area contributed by atoms with Crippen LogP contribution in [-0.4, -0.2) is 37.9 Å². The van der Waals surface area contributed by atoms with Gasteiger partial charge in [-0.05, 0) is 41.1 Å². The number of carbonyl (C=O) groups is 1. The molecule has 1 aromatic heterocycles. The molecule has 0 aliphatic rings. The van der Waals surface area contributed by atoms with E-state index in [0.29, 0.717) is 17.0 Å². The van der Waals surface area contributed by atoms with Crippen molar-refractivity contribution in [3.05, 3.63) is 84.1 Å². The molecule has 4 aromatic rings. The molecule has 0 radical (unpaired) electrons. The van der Waals surface area contributed by atoms with Crippen molar-refractivity contribution in [2.45, 2.75) is 11.4 Å². The third kappa shape index (κ3) is 4.35. The van der Waals surface area contributed by atoms with Gasteiger partial charge in [0.05, 0.1) is 11.4 Å². The van der Waals surface area contributed by atoms with Crippen molar-refractivity contribution in [2.24, 2.45) is 0 Å². The molecule has 1 amide bonds. The average molecular weight is 436 g/mol. The van der Waals surface area contributed by atoms with E-state index in [1.165, 1.54) is 38.4 Å². The summed E-state index contributed by atoms with van der Waals surface area (Å²) in [6.45, 7) is 0.188. The van der Waals surface area contributed by atoms with Crippen molar-refractivity contribution in [3.63, 3.8) is 0 Å². The van der Waals surface area contributed by atoms with Gasteiger partial charge in [-0.15, -0.1) is 0 Å². The van der Waals surface area contributed by atoms with Gasteiger partial charge in [-0.2, -0.15) is 0 Å². The summed E-state index contributed by atoms with van der Waals surface area (Å²) < 4.78 is 30.8. The van der Waals surface area contributed by atoms with Crippen LogP contribution in [0.4, 0.5) is 0 Å². The summed E-state index contributed by atoms with van der Waals surface area (Å²) >= 11 is 0. The molecular weight excluding hydrogens is 414 g/mol. The van der Waals surface area contributed by atoms with E-state index in [1.807, 2.05) is 42.5 Å². The lowest BCUT2D eigenvalue weighted by Crippen LogP contribution is -2.24. The molecule has 1 N–H and O–H groups in total. The van der Waals surface area contributed by atoms with Gasteiger partial charge in [-0.25, -0.2) is 12.7 Å².